The lowest BCUT2D eigenvalue weighted by molar-refractivity contribution is 0.0444. The zero-order valence-electron chi connectivity index (χ0n) is 16.8. The summed E-state index contributed by atoms with van der Waals surface area (Å²) in [6.07, 6.45) is -0.467. The van der Waals surface area contributed by atoms with E-state index in [1.54, 1.807) is 0 Å². The molecule has 146 valence electrons. The lowest BCUT2D eigenvalue weighted by Crippen LogP contribution is -2.48. The Labute approximate surface area is 163 Å². The average molecular weight is 369 g/mol. The quantitative estimate of drug-likeness (QED) is 0.814. The van der Waals surface area contributed by atoms with Crippen LogP contribution in [0, 0.1) is 20.8 Å². The lowest BCUT2D eigenvalue weighted by Gasteiger charge is -2.35. The lowest BCUT2D eigenvalue weighted by atomic mass is 10.1. The number of aliphatic hydroxyl groups excluding tert-OH is 1. The summed E-state index contributed by atoms with van der Waals surface area (Å²) in [5.74, 6) is 0.888. The van der Waals surface area contributed by atoms with Gasteiger partial charge < -0.3 is 9.84 Å². The number of nitrogens with zero attached hydrogens (tertiary/aromatic N) is 2. The van der Waals surface area contributed by atoms with Crippen LogP contribution >= 0.6 is 0 Å². The molecule has 0 bridgehead atoms. The van der Waals surface area contributed by atoms with Crippen LogP contribution < -0.4 is 4.74 Å². The topological polar surface area (TPSA) is 35.9 Å². The van der Waals surface area contributed by atoms with Crippen LogP contribution in [0.4, 0.5) is 0 Å². The molecule has 1 saturated heterocycles. The van der Waals surface area contributed by atoms with Gasteiger partial charge >= 0.3 is 0 Å². The molecule has 1 N–H and O–H groups in total. The van der Waals surface area contributed by atoms with Crippen LogP contribution in [0.5, 0.6) is 5.75 Å². The summed E-state index contributed by atoms with van der Waals surface area (Å²) in [7, 11) is 0. The highest BCUT2D eigenvalue weighted by atomic mass is 16.5. The third kappa shape index (κ3) is 5.80. The molecule has 0 spiro atoms. The van der Waals surface area contributed by atoms with Gasteiger partial charge in [-0.25, -0.2) is 0 Å². The van der Waals surface area contributed by atoms with E-state index >= 15 is 0 Å². The fourth-order valence-corrected chi connectivity index (χ4v) is 3.66. The molecule has 1 unspecified atom stereocenters. The number of hydrogen-bond acceptors (Lipinski definition) is 4. The highest BCUT2D eigenvalue weighted by molar-refractivity contribution is 5.41. The van der Waals surface area contributed by atoms with Crippen LogP contribution in [-0.4, -0.2) is 60.3 Å². The zero-order valence-corrected chi connectivity index (χ0v) is 16.8. The molecule has 3 rings (SSSR count). The molecule has 2 aromatic carbocycles. The van der Waals surface area contributed by atoms with Gasteiger partial charge in [0.2, 0.25) is 0 Å². The normalized spacial score (nSPS) is 17.0. The maximum absolute atomic E-state index is 10.4. The van der Waals surface area contributed by atoms with Crippen LogP contribution in [0.15, 0.2) is 42.5 Å². The average Bonchev–Trinajstić information content (AvgIpc) is 2.66. The molecule has 4 nitrogen and oxygen atoms in total. The van der Waals surface area contributed by atoms with Gasteiger partial charge in [0.05, 0.1) is 0 Å². The molecule has 27 heavy (non-hydrogen) atoms. The summed E-state index contributed by atoms with van der Waals surface area (Å²) in [5.41, 5.74) is 4.94. The van der Waals surface area contributed by atoms with E-state index in [0.717, 1.165) is 44.0 Å². The van der Waals surface area contributed by atoms with E-state index in [9.17, 15) is 5.11 Å². The van der Waals surface area contributed by atoms with Crippen LogP contribution in [-0.2, 0) is 6.54 Å². The first-order valence-corrected chi connectivity index (χ1v) is 9.88. The second-order valence-corrected chi connectivity index (χ2v) is 7.73. The van der Waals surface area contributed by atoms with Gasteiger partial charge in [-0.05, 0) is 49.1 Å². The molecular formula is C23H32N2O2. The molecule has 2 aromatic rings. The van der Waals surface area contributed by atoms with Crippen molar-refractivity contribution in [3.05, 3.63) is 64.7 Å². The first-order chi connectivity index (χ1) is 13.0. The van der Waals surface area contributed by atoms with Crippen LogP contribution in [0.3, 0.4) is 0 Å². The van der Waals surface area contributed by atoms with Crippen LogP contribution in [0.2, 0.25) is 0 Å². The SMILES string of the molecule is Cc1cc(C)c(C)c(OCC(O)CN2CCN(Cc3ccccc3)CC2)c1. The van der Waals surface area contributed by atoms with E-state index in [1.807, 2.05) is 0 Å². The highest BCUT2D eigenvalue weighted by Crippen LogP contribution is 2.23. The molecule has 1 fully saturated rings. The number of β-amino-alcohol motifs (C(OH)–C–C–N with tert-alkyl or cyclic N) is 1. The van der Waals surface area contributed by atoms with Gasteiger partial charge in [-0.15, -0.1) is 0 Å². The number of aliphatic hydroxyl groups is 1. The van der Waals surface area contributed by atoms with Gasteiger partial charge in [0.1, 0.15) is 18.5 Å². The summed E-state index contributed by atoms with van der Waals surface area (Å²) in [5, 5.41) is 10.4. The molecule has 1 heterocycles. The Balaban J connectivity index is 1.41. The fraction of sp³-hybridized carbons (Fsp3) is 0.478. The van der Waals surface area contributed by atoms with Gasteiger partial charge in [0, 0.05) is 39.3 Å². The Morgan fingerprint density at radius 1 is 0.963 bits per heavy atom. The monoisotopic (exact) mass is 368 g/mol. The standard InChI is InChI=1S/C23H32N2O2/c1-18-13-19(2)20(3)23(14-18)27-17-22(26)16-25-11-9-24(10-12-25)15-21-7-5-4-6-8-21/h4-8,13-14,22,26H,9-12,15-17H2,1-3H3. The number of ether oxygens (including phenoxy) is 1. The zero-order chi connectivity index (χ0) is 19.2. The minimum atomic E-state index is -0.467. The smallest absolute Gasteiger partial charge is 0.122 e. The first kappa shape index (κ1) is 19.9. The molecular weight excluding hydrogens is 336 g/mol. The van der Waals surface area contributed by atoms with E-state index in [0.29, 0.717) is 13.2 Å². The molecule has 0 saturated carbocycles. The highest BCUT2D eigenvalue weighted by Gasteiger charge is 2.19. The van der Waals surface area contributed by atoms with Gasteiger partial charge in [-0.3, -0.25) is 9.80 Å². The van der Waals surface area contributed by atoms with Crippen molar-refractivity contribution >= 4 is 0 Å². The van der Waals surface area contributed by atoms with Gasteiger partial charge in [0.25, 0.3) is 0 Å². The van der Waals surface area contributed by atoms with Gasteiger partial charge in [-0.2, -0.15) is 0 Å². The number of piperazine rings is 1. The molecule has 0 amide bonds. The molecule has 0 aromatic heterocycles. The fourth-order valence-electron chi connectivity index (χ4n) is 3.66. The summed E-state index contributed by atoms with van der Waals surface area (Å²) in [4.78, 5) is 4.82. The number of benzene rings is 2. The van der Waals surface area contributed by atoms with Crippen LogP contribution in [0.1, 0.15) is 22.3 Å². The summed E-state index contributed by atoms with van der Waals surface area (Å²) in [6, 6.07) is 14.8. The maximum Gasteiger partial charge on any atom is 0.122 e. The minimum Gasteiger partial charge on any atom is -0.491 e. The third-order valence-electron chi connectivity index (χ3n) is 5.38. The van der Waals surface area contributed by atoms with Crippen molar-refractivity contribution in [1.82, 2.24) is 9.80 Å². The minimum absolute atomic E-state index is 0.341. The first-order valence-electron chi connectivity index (χ1n) is 9.88. The second kappa shape index (κ2) is 9.36. The van der Waals surface area contributed by atoms with Crippen molar-refractivity contribution in [2.45, 2.75) is 33.4 Å². The largest absolute Gasteiger partial charge is 0.491 e. The Morgan fingerprint density at radius 3 is 2.33 bits per heavy atom. The summed E-state index contributed by atoms with van der Waals surface area (Å²) >= 11 is 0. The maximum atomic E-state index is 10.4. The number of hydrogen-bond donors (Lipinski definition) is 1. The van der Waals surface area contributed by atoms with E-state index in [2.05, 4.69) is 73.0 Å². The van der Waals surface area contributed by atoms with E-state index in [4.69, 9.17) is 4.74 Å². The molecule has 1 aliphatic heterocycles. The second-order valence-electron chi connectivity index (χ2n) is 7.73. The van der Waals surface area contributed by atoms with Gasteiger partial charge in [-0.1, -0.05) is 36.4 Å². The van der Waals surface area contributed by atoms with Crippen molar-refractivity contribution in [2.75, 3.05) is 39.3 Å². The van der Waals surface area contributed by atoms with Crippen molar-refractivity contribution < 1.29 is 9.84 Å². The van der Waals surface area contributed by atoms with E-state index < -0.39 is 6.10 Å². The molecule has 1 aliphatic rings. The molecule has 1 atom stereocenters. The molecule has 4 heteroatoms. The Morgan fingerprint density at radius 2 is 1.63 bits per heavy atom. The molecule has 0 aliphatic carbocycles. The predicted octanol–water partition coefficient (Wildman–Crippen LogP) is 3.17. The van der Waals surface area contributed by atoms with Crippen LogP contribution in [0.25, 0.3) is 0 Å². The van der Waals surface area contributed by atoms with Crippen molar-refractivity contribution in [1.29, 1.82) is 0 Å². The van der Waals surface area contributed by atoms with Crippen molar-refractivity contribution in [3.63, 3.8) is 0 Å². The number of rotatable bonds is 7. The van der Waals surface area contributed by atoms with E-state index in [-0.39, 0.29) is 0 Å². The van der Waals surface area contributed by atoms with Crippen molar-refractivity contribution in [3.8, 4) is 5.75 Å². The van der Waals surface area contributed by atoms with Gasteiger partial charge in [0.15, 0.2) is 0 Å². The third-order valence-corrected chi connectivity index (χ3v) is 5.38. The number of aryl methyl sites for hydroxylation is 2. The molecule has 0 radical (unpaired) electrons. The van der Waals surface area contributed by atoms with E-state index in [1.165, 1.54) is 16.7 Å². The van der Waals surface area contributed by atoms with Crippen molar-refractivity contribution in [2.24, 2.45) is 0 Å². The predicted molar refractivity (Wildman–Crippen MR) is 110 cm³/mol. The summed E-state index contributed by atoms with van der Waals surface area (Å²) < 4.78 is 5.91. The Hall–Kier alpha value is -1.88. The summed E-state index contributed by atoms with van der Waals surface area (Å²) in [6.45, 7) is 12.3. The Kier molecular flexibility index (Phi) is 6.89. The Bertz CT molecular complexity index is 725.